The third kappa shape index (κ3) is 3.38. The van der Waals surface area contributed by atoms with Gasteiger partial charge >= 0.3 is 0 Å². The fraction of sp³-hybridized carbons (Fsp3) is 0.562. The van der Waals surface area contributed by atoms with Crippen molar-refractivity contribution in [3.63, 3.8) is 0 Å². The Morgan fingerprint density at radius 2 is 1.75 bits per heavy atom. The third-order valence-electron chi connectivity index (χ3n) is 3.90. The number of ether oxygens (including phenoxy) is 1. The van der Waals surface area contributed by atoms with E-state index < -0.39 is 0 Å². The first-order valence-corrected chi connectivity index (χ1v) is 7.19. The smallest absolute Gasteiger partial charge is 0.241 e. The second-order valence-corrected chi connectivity index (χ2v) is 5.59. The van der Waals surface area contributed by atoms with Gasteiger partial charge in [-0.1, -0.05) is 17.7 Å². The van der Waals surface area contributed by atoms with E-state index in [9.17, 15) is 4.79 Å². The average Bonchev–Trinajstić information content (AvgIpc) is 2.42. The number of benzene rings is 1. The minimum Gasteiger partial charge on any atom is -0.379 e. The summed E-state index contributed by atoms with van der Waals surface area (Å²) in [7, 11) is 0. The number of nitrogens with zero attached hydrogens (tertiary/aromatic N) is 1. The zero-order valence-corrected chi connectivity index (χ0v) is 12.8. The Morgan fingerprint density at radius 1 is 1.20 bits per heavy atom. The van der Waals surface area contributed by atoms with Crippen molar-refractivity contribution in [2.45, 2.75) is 33.7 Å². The largest absolute Gasteiger partial charge is 0.379 e. The fourth-order valence-corrected chi connectivity index (χ4v) is 2.74. The van der Waals surface area contributed by atoms with E-state index in [0.717, 1.165) is 29.9 Å². The summed E-state index contributed by atoms with van der Waals surface area (Å²) in [6.45, 7) is 11.2. The number of rotatable bonds is 3. The Balaban J connectivity index is 2.07. The van der Waals surface area contributed by atoms with Gasteiger partial charge in [0.1, 0.15) is 0 Å². The van der Waals surface area contributed by atoms with E-state index in [4.69, 9.17) is 4.74 Å². The summed E-state index contributed by atoms with van der Waals surface area (Å²) < 4.78 is 5.33. The van der Waals surface area contributed by atoms with Crippen molar-refractivity contribution in [3.05, 3.63) is 28.8 Å². The predicted octanol–water partition coefficient (Wildman–Crippen LogP) is 2.27. The lowest BCUT2D eigenvalue weighted by Crippen LogP contribution is -2.47. The Labute approximate surface area is 121 Å². The lowest BCUT2D eigenvalue weighted by atomic mass is 10.0. The first kappa shape index (κ1) is 15.0. The molecule has 0 radical (unpaired) electrons. The lowest BCUT2D eigenvalue weighted by molar-refractivity contribution is -0.122. The third-order valence-corrected chi connectivity index (χ3v) is 3.90. The van der Waals surface area contributed by atoms with Crippen LogP contribution in [0.15, 0.2) is 12.1 Å². The molecule has 1 aliphatic heterocycles. The zero-order chi connectivity index (χ0) is 14.7. The number of morpholine rings is 1. The molecule has 0 unspecified atom stereocenters. The molecule has 4 nitrogen and oxygen atoms in total. The highest BCUT2D eigenvalue weighted by molar-refractivity contribution is 5.96. The second-order valence-electron chi connectivity index (χ2n) is 5.59. The number of carbonyl (C=O) groups excluding carboxylic acids is 1. The van der Waals surface area contributed by atoms with Crippen LogP contribution in [0.2, 0.25) is 0 Å². The summed E-state index contributed by atoms with van der Waals surface area (Å²) in [5.74, 6) is 0.0574. The van der Waals surface area contributed by atoms with E-state index in [-0.39, 0.29) is 11.9 Å². The highest BCUT2D eigenvalue weighted by atomic mass is 16.5. The molecule has 0 aromatic heterocycles. The monoisotopic (exact) mass is 276 g/mol. The Bertz CT molecular complexity index is 470. The van der Waals surface area contributed by atoms with Crippen LogP contribution in [0.4, 0.5) is 5.69 Å². The Hall–Kier alpha value is -1.39. The van der Waals surface area contributed by atoms with Crippen molar-refractivity contribution in [1.82, 2.24) is 4.90 Å². The average molecular weight is 276 g/mol. The number of aryl methyl sites for hydroxylation is 3. The van der Waals surface area contributed by atoms with Crippen molar-refractivity contribution in [2.75, 3.05) is 31.6 Å². The lowest BCUT2D eigenvalue weighted by Gasteiger charge is -2.31. The minimum atomic E-state index is -0.126. The standard InChI is InChI=1S/C16H24N2O2/c1-11-9-12(2)15(13(3)10-11)17-16(19)14(4)18-5-7-20-8-6-18/h9-10,14H,5-8H2,1-4H3,(H,17,19)/t14-/m0/s1. The summed E-state index contributed by atoms with van der Waals surface area (Å²) in [6.07, 6.45) is 0. The number of nitrogens with one attached hydrogen (secondary N) is 1. The second kappa shape index (κ2) is 6.37. The van der Waals surface area contributed by atoms with Crippen LogP contribution < -0.4 is 5.32 Å². The molecule has 1 aromatic rings. The van der Waals surface area contributed by atoms with Gasteiger partial charge in [0.25, 0.3) is 0 Å². The zero-order valence-electron chi connectivity index (χ0n) is 12.8. The number of carbonyl (C=O) groups is 1. The summed E-state index contributed by atoms with van der Waals surface area (Å²) >= 11 is 0. The Morgan fingerprint density at radius 3 is 2.30 bits per heavy atom. The van der Waals surface area contributed by atoms with Crippen LogP contribution >= 0.6 is 0 Å². The van der Waals surface area contributed by atoms with Gasteiger partial charge in [0, 0.05) is 18.8 Å². The molecule has 2 rings (SSSR count). The number of anilines is 1. The maximum absolute atomic E-state index is 12.4. The van der Waals surface area contributed by atoms with E-state index in [2.05, 4.69) is 29.3 Å². The van der Waals surface area contributed by atoms with E-state index in [1.807, 2.05) is 20.8 Å². The number of hydrogen-bond acceptors (Lipinski definition) is 3. The van der Waals surface area contributed by atoms with Crippen LogP contribution in [0.25, 0.3) is 0 Å². The maximum atomic E-state index is 12.4. The van der Waals surface area contributed by atoms with Crippen LogP contribution in [-0.4, -0.2) is 43.2 Å². The van der Waals surface area contributed by atoms with Crippen molar-refractivity contribution < 1.29 is 9.53 Å². The molecule has 1 heterocycles. The highest BCUT2D eigenvalue weighted by Crippen LogP contribution is 2.22. The van der Waals surface area contributed by atoms with Crippen molar-refractivity contribution in [3.8, 4) is 0 Å². The van der Waals surface area contributed by atoms with Crippen LogP contribution in [-0.2, 0) is 9.53 Å². The first-order valence-electron chi connectivity index (χ1n) is 7.19. The van der Waals surface area contributed by atoms with E-state index in [1.165, 1.54) is 5.56 Å². The molecule has 1 aliphatic rings. The molecule has 0 saturated carbocycles. The molecular weight excluding hydrogens is 252 g/mol. The Kier molecular flexibility index (Phi) is 4.78. The maximum Gasteiger partial charge on any atom is 0.241 e. The highest BCUT2D eigenvalue weighted by Gasteiger charge is 2.23. The molecule has 1 fully saturated rings. The van der Waals surface area contributed by atoms with Crippen molar-refractivity contribution in [1.29, 1.82) is 0 Å². The van der Waals surface area contributed by atoms with Crippen LogP contribution in [0.5, 0.6) is 0 Å². The van der Waals surface area contributed by atoms with Gasteiger partial charge in [-0.25, -0.2) is 0 Å². The van der Waals surface area contributed by atoms with Crippen LogP contribution in [0.3, 0.4) is 0 Å². The molecule has 0 spiro atoms. The van der Waals surface area contributed by atoms with E-state index >= 15 is 0 Å². The van der Waals surface area contributed by atoms with Crippen LogP contribution in [0, 0.1) is 20.8 Å². The molecule has 1 N–H and O–H groups in total. The van der Waals surface area contributed by atoms with Crippen molar-refractivity contribution >= 4 is 11.6 Å². The van der Waals surface area contributed by atoms with Crippen LogP contribution in [0.1, 0.15) is 23.6 Å². The molecule has 0 bridgehead atoms. The van der Waals surface area contributed by atoms with Gasteiger partial charge in [0.05, 0.1) is 19.3 Å². The summed E-state index contributed by atoms with van der Waals surface area (Å²) in [5, 5.41) is 3.08. The van der Waals surface area contributed by atoms with Gasteiger partial charge in [0.2, 0.25) is 5.91 Å². The molecule has 1 saturated heterocycles. The number of amides is 1. The van der Waals surface area contributed by atoms with E-state index in [1.54, 1.807) is 0 Å². The minimum absolute atomic E-state index is 0.0574. The summed E-state index contributed by atoms with van der Waals surface area (Å²) in [4.78, 5) is 14.6. The topological polar surface area (TPSA) is 41.6 Å². The van der Waals surface area contributed by atoms with Gasteiger partial charge in [-0.05, 0) is 38.8 Å². The molecular formula is C16H24N2O2. The molecule has 110 valence electrons. The van der Waals surface area contributed by atoms with Gasteiger partial charge in [-0.3, -0.25) is 9.69 Å². The summed E-state index contributed by atoms with van der Waals surface area (Å²) in [5.41, 5.74) is 4.40. The SMILES string of the molecule is Cc1cc(C)c(NC(=O)[C@H](C)N2CCOCC2)c(C)c1. The first-order chi connectivity index (χ1) is 9.49. The van der Waals surface area contributed by atoms with Gasteiger partial charge < -0.3 is 10.1 Å². The molecule has 0 aliphatic carbocycles. The molecule has 4 heteroatoms. The van der Waals surface area contributed by atoms with Crippen molar-refractivity contribution in [2.24, 2.45) is 0 Å². The number of hydrogen-bond donors (Lipinski definition) is 1. The quantitative estimate of drug-likeness (QED) is 0.921. The molecule has 1 amide bonds. The molecule has 20 heavy (non-hydrogen) atoms. The normalized spacial score (nSPS) is 17.8. The van der Waals surface area contributed by atoms with Gasteiger partial charge in [0.15, 0.2) is 0 Å². The van der Waals surface area contributed by atoms with Gasteiger partial charge in [-0.2, -0.15) is 0 Å². The molecule has 1 atom stereocenters. The van der Waals surface area contributed by atoms with Gasteiger partial charge in [-0.15, -0.1) is 0 Å². The predicted molar refractivity (Wildman–Crippen MR) is 81.1 cm³/mol. The summed E-state index contributed by atoms with van der Waals surface area (Å²) in [6, 6.07) is 4.07. The molecule has 1 aromatic carbocycles. The fourth-order valence-electron chi connectivity index (χ4n) is 2.74. The van der Waals surface area contributed by atoms with E-state index in [0.29, 0.717) is 13.2 Å².